The predicted octanol–water partition coefficient (Wildman–Crippen LogP) is 4.18. The quantitative estimate of drug-likeness (QED) is 0.671. The molecule has 0 spiro atoms. The molecular formula is C17H32O4Si. The molecule has 4 nitrogen and oxygen atoms in total. The second-order valence-electron chi connectivity index (χ2n) is 4.90. The van der Waals surface area contributed by atoms with Gasteiger partial charge < -0.3 is 17.7 Å². The Kier molecular flexibility index (Phi) is 11.4. The van der Waals surface area contributed by atoms with Crippen molar-refractivity contribution in [3.8, 4) is 0 Å². The van der Waals surface area contributed by atoms with E-state index < -0.39 is 9.05 Å². The van der Waals surface area contributed by atoms with E-state index >= 15 is 0 Å². The van der Waals surface area contributed by atoms with Gasteiger partial charge in [-0.15, -0.1) is 0 Å². The molecular weight excluding hydrogens is 296 g/mol. The van der Waals surface area contributed by atoms with Crippen LogP contribution >= 0.6 is 0 Å². The zero-order valence-corrected chi connectivity index (χ0v) is 16.2. The van der Waals surface area contributed by atoms with Crippen LogP contribution in [0.4, 0.5) is 0 Å². The second kappa shape index (κ2) is 11.8. The first-order valence-electron chi connectivity index (χ1n) is 8.03. The molecule has 0 heterocycles. The van der Waals surface area contributed by atoms with Crippen LogP contribution in [0.2, 0.25) is 0 Å². The van der Waals surface area contributed by atoms with Gasteiger partial charge >= 0.3 is 9.05 Å². The van der Waals surface area contributed by atoms with Gasteiger partial charge in [0.15, 0.2) is 0 Å². The fourth-order valence-corrected chi connectivity index (χ4v) is 4.07. The van der Waals surface area contributed by atoms with E-state index in [1.807, 2.05) is 27.7 Å². The van der Waals surface area contributed by atoms with E-state index in [0.717, 1.165) is 0 Å². The summed E-state index contributed by atoms with van der Waals surface area (Å²) >= 11 is 0. The van der Waals surface area contributed by atoms with E-state index in [1.165, 1.54) is 16.7 Å². The van der Waals surface area contributed by atoms with Crippen LogP contribution in [0.1, 0.15) is 44.4 Å². The predicted molar refractivity (Wildman–Crippen MR) is 92.9 cm³/mol. The molecule has 0 aliphatic rings. The van der Waals surface area contributed by atoms with Crippen molar-refractivity contribution in [3.63, 3.8) is 0 Å². The zero-order valence-electron chi connectivity index (χ0n) is 15.2. The Morgan fingerprint density at radius 3 is 1.00 bits per heavy atom. The van der Waals surface area contributed by atoms with E-state index in [0.29, 0.717) is 26.4 Å². The molecule has 5 heteroatoms. The summed E-state index contributed by atoms with van der Waals surface area (Å²) in [6.07, 6.45) is 0. The minimum absolute atomic E-state index is 0.548. The van der Waals surface area contributed by atoms with E-state index in [1.54, 1.807) is 0 Å². The van der Waals surface area contributed by atoms with Crippen LogP contribution in [-0.4, -0.2) is 35.5 Å². The van der Waals surface area contributed by atoms with Gasteiger partial charge in [0.25, 0.3) is 0 Å². The van der Waals surface area contributed by atoms with Crippen molar-refractivity contribution in [2.45, 2.75) is 48.5 Å². The SMILES string of the molecule is CCO[Si](OCC)(OCC)OCC.Cc1cc(C)cc(C)c1. The van der Waals surface area contributed by atoms with Crippen LogP contribution in [0.25, 0.3) is 0 Å². The Hall–Kier alpha value is -0.723. The third-order valence-corrected chi connectivity index (χ3v) is 5.22. The van der Waals surface area contributed by atoms with Gasteiger partial charge in [-0.1, -0.05) is 34.9 Å². The number of benzene rings is 1. The number of aryl methyl sites for hydroxylation is 3. The minimum Gasteiger partial charge on any atom is -0.351 e. The molecule has 1 aromatic rings. The summed E-state index contributed by atoms with van der Waals surface area (Å²) < 4.78 is 21.7. The topological polar surface area (TPSA) is 36.9 Å². The van der Waals surface area contributed by atoms with Gasteiger partial charge in [-0.2, -0.15) is 0 Å². The number of hydrogen-bond donors (Lipinski definition) is 0. The molecule has 0 atom stereocenters. The summed E-state index contributed by atoms with van der Waals surface area (Å²) in [5, 5.41) is 0. The first kappa shape index (κ1) is 21.3. The Balaban J connectivity index is 0.000000425. The van der Waals surface area contributed by atoms with Crippen molar-refractivity contribution in [1.29, 1.82) is 0 Å². The Morgan fingerprint density at radius 1 is 0.591 bits per heavy atom. The first-order valence-corrected chi connectivity index (χ1v) is 9.66. The molecule has 0 fully saturated rings. The van der Waals surface area contributed by atoms with Gasteiger partial charge in [-0.3, -0.25) is 0 Å². The third kappa shape index (κ3) is 8.65. The lowest BCUT2D eigenvalue weighted by Gasteiger charge is -2.26. The highest BCUT2D eigenvalue weighted by molar-refractivity contribution is 6.53. The Bertz CT molecular complexity index is 330. The van der Waals surface area contributed by atoms with E-state index in [2.05, 4.69) is 39.0 Å². The molecule has 0 saturated heterocycles. The molecule has 1 aromatic carbocycles. The smallest absolute Gasteiger partial charge is 0.351 e. The van der Waals surface area contributed by atoms with E-state index in [4.69, 9.17) is 17.7 Å². The van der Waals surface area contributed by atoms with Crippen LogP contribution in [0.3, 0.4) is 0 Å². The normalized spacial score (nSPS) is 11.0. The van der Waals surface area contributed by atoms with Crippen molar-refractivity contribution in [3.05, 3.63) is 34.9 Å². The highest BCUT2D eigenvalue weighted by Crippen LogP contribution is 2.11. The maximum atomic E-state index is 5.42. The Morgan fingerprint density at radius 2 is 0.818 bits per heavy atom. The molecule has 0 N–H and O–H groups in total. The van der Waals surface area contributed by atoms with Crippen molar-refractivity contribution in [2.75, 3.05) is 26.4 Å². The first-order chi connectivity index (χ1) is 10.4. The summed E-state index contributed by atoms with van der Waals surface area (Å²) in [5.41, 5.74) is 4.06. The highest BCUT2D eigenvalue weighted by atomic mass is 28.4. The average molecular weight is 329 g/mol. The lowest BCUT2D eigenvalue weighted by molar-refractivity contribution is -0.0247. The minimum atomic E-state index is -2.80. The summed E-state index contributed by atoms with van der Waals surface area (Å²) in [6, 6.07) is 6.56. The maximum absolute atomic E-state index is 5.42. The molecule has 0 radical (unpaired) electrons. The molecule has 0 unspecified atom stereocenters. The van der Waals surface area contributed by atoms with Gasteiger partial charge in [0.05, 0.1) is 0 Å². The van der Waals surface area contributed by atoms with E-state index in [9.17, 15) is 0 Å². The maximum Gasteiger partial charge on any atom is 0.679 e. The number of hydrogen-bond acceptors (Lipinski definition) is 4. The van der Waals surface area contributed by atoms with E-state index in [-0.39, 0.29) is 0 Å². The summed E-state index contributed by atoms with van der Waals surface area (Å²) in [6.45, 7) is 16.2. The van der Waals surface area contributed by atoms with Gasteiger partial charge in [0.1, 0.15) is 0 Å². The fourth-order valence-electron chi connectivity index (χ4n) is 2.16. The zero-order chi connectivity index (χ0) is 17.0. The van der Waals surface area contributed by atoms with Crippen LogP contribution in [0, 0.1) is 20.8 Å². The molecule has 128 valence electrons. The van der Waals surface area contributed by atoms with Crippen LogP contribution in [-0.2, 0) is 17.7 Å². The Labute approximate surface area is 137 Å². The molecule has 0 aromatic heterocycles. The molecule has 0 aliphatic carbocycles. The summed E-state index contributed by atoms with van der Waals surface area (Å²) in [5.74, 6) is 0. The standard InChI is InChI=1S/C9H12.C8H20O4Si/c1-7-4-8(2)6-9(3)5-7;1-5-9-13(10-6-2,11-7-3)12-8-4/h4-6H,1-3H3;5-8H2,1-4H3. The van der Waals surface area contributed by atoms with Crippen LogP contribution in [0.15, 0.2) is 18.2 Å². The lowest BCUT2D eigenvalue weighted by atomic mass is 10.1. The largest absolute Gasteiger partial charge is 0.679 e. The van der Waals surface area contributed by atoms with Gasteiger partial charge in [0.2, 0.25) is 0 Å². The number of rotatable bonds is 8. The van der Waals surface area contributed by atoms with Crippen LogP contribution in [0.5, 0.6) is 0 Å². The van der Waals surface area contributed by atoms with Gasteiger partial charge in [-0.05, 0) is 48.5 Å². The average Bonchev–Trinajstić information content (AvgIpc) is 2.39. The molecule has 0 bridgehead atoms. The third-order valence-electron chi connectivity index (χ3n) is 2.65. The summed E-state index contributed by atoms with van der Waals surface area (Å²) in [7, 11) is -2.80. The van der Waals surface area contributed by atoms with Crippen molar-refractivity contribution >= 4 is 9.05 Å². The van der Waals surface area contributed by atoms with Gasteiger partial charge in [-0.25, -0.2) is 0 Å². The fraction of sp³-hybridized carbons (Fsp3) is 0.647. The summed E-state index contributed by atoms with van der Waals surface area (Å²) in [4.78, 5) is 0. The van der Waals surface area contributed by atoms with Gasteiger partial charge in [0, 0.05) is 26.4 Å². The molecule has 1 rings (SSSR count). The van der Waals surface area contributed by atoms with Crippen molar-refractivity contribution in [2.24, 2.45) is 0 Å². The van der Waals surface area contributed by atoms with Crippen molar-refractivity contribution < 1.29 is 17.7 Å². The lowest BCUT2D eigenvalue weighted by Crippen LogP contribution is -2.49. The highest BCUT2D eigenvalue weighted by Gasteiger charge is 2.44. The second-order valence-corrected chi connectivity index (χ2v) is 7.05. The van der Waals surface area contributed by atoms with Crippen molar-refractivity contribution in [1.82, 2.24) is 0 Å². The molecule has 0 amide bonds. The molecule has 0 aliphatic heterocycles. The monoisotopic (exact) mass is 328 g/mol. The molecule has 22 heavy (non-hydrogen) atoms. The molecule has 0 saturated carbocycles. The van der Waals surface area contributed by atoms with Crippen LogP contribution < -0.4 is 0 Å².